The van der Waals surface area contributed by atoms with Gasteiger partial charge in [0.1, 0.15) is 12.1 Å². The molecule has 4 nitrogen and oxygen atoms in total. The summed E-state index contributed by atoms with van der Waals surface area (Å²) in [6.07, 6.45) is 0. The summed E-state index contributed by atoms with van der Waals surface area (Å²) in [5, 5.41) is 0. The van der Waals surface area contributed by atoms with Crippen LogP contribution in [-0.4, -0.2) is 43.4 Å². The molecule has 2 unspecified atom stereocenters. The van der Waals surface area contributed by atoms with E-state index < -0.39 is 8.07 Å². The fourth-order valence-corrected chi connectivity index (χ4v) is 4.91. The van der Waals surface area contributed by atoms with Crippen LogP contribution in [-0.2, 0) is 9.59 Å². The summed E-state index contributed by atoms with van der Waals surface area (Å²) in [7, 11) is -1.20. The van der Waals surface area contributed by atoms with Crippen LogP contribution < -0.4 is 4.90 Å². The topological polar surface area (TPSA) is 40.4 Å². The van der Waals surface area contributed by atoms with Crippen molar-refractivity contribution in [1.82, 2.24) is 4.90 Å². The summed E-state index contributed by atoms with van der Waals surface area (Å²) in [6.45, 7) is 11.7. The second-order valence-electron chi connectivity index (χ2n) is 7.40. The molecule has 3 rings (SSSR count). The zero-order chi connectivity index (χ0) is 16.1. The number of imide groups is 1. The quantitative estimate of drug-likeness (QED) is 0.363. The van der Waals surface area contributed by atoms with Crippen LogP contribution in [0.1, 0.15) is 0 Å². The molecule has 0 saturated carbocycles. The summed E-state index contributed by atoms with van der Waals surface area (Å²) in [5.74, 6) is -0.191. The minimum absolute atomic E-state index is 0.0954. The highest BCUT2D eigenvalue weighted by molar-refractivity contribution is 6.76. The molecule has 2 heterocycles. The standard InChI is InChI=1S/C17H22N2O2Si/c1-12(11-22(2,3)4)10-18-14-15(18)17(21)19(16(14)20)13-8-6-5-7-9-13/h5-9,14-15H,1,10-11H2,2-4H3. The molecule has 1 aromatic rings. The molecule has 0 N–H and O–H groups in total. The summed E-state index contributed by atoms with van der Waals surface area (Å²) < 4.78 is 0. The lowest BCUT2D eigenvalue weighted by atomic mass is 10.3. The van der Waals surface area contributed by atoms with Crippen molar-refractivity contribution in [3.8, 4) is 0 Å². The lowest BCUT2D eigenvalue weighted by Crippen LogP contribution is -2.39. The van der Waals surface area contributed by atoms with E-state index in [1.54, 1.807) is 12.1 Å². The van der Waals surface area contributed by atoms with Crippen LogP contribution in [0.4, 0.5) is 5.69 Å². The van der Waals surface area contributed by atoms with Crippen molar-refractivity contribution < 1.29 is 9.59 Å². The van der Waals surface area contributed by atoms with Crippen molar-refractivity contribution in [2.24, 2.45) is 0 Å². The molecule has 2 fully saturated rings. The molecular formula is C17H22N2O2Si. The number of hydrogen-bond donors (Lipinski definition) is 0. The van der Waals surface area contributed by atoms with Crippen LogP contribution in [0, 0.1) is 0 Å². The van der Waals surface area contributed by atoms with Crippen molar-refractivity contribution in [1.29, 1.82) is 0 Å². The minimum Gasteiger partial charge on any atom is -0.273 e. The number of nitrogens with zero attached hydrogens (tertiary/aromatic N) is 2. The number of piperazine rings is 1. The summed E-state index contributed by atoms with van der Waals surface area (Å²) >= 11 is 0. The Kier molecular flexibility index (Phi) is 3.57. The van der Waals surface area contributed by atoms with Gasteiger partial charge in [-0.25, -0.2) is 4.90 Å². The first kappa shape index (κ1) is 15.2. The highest BCUT2D eigenvalue weighted by atomic mass is 28.3. The first-order valence-electron chi connectivity index (χ1n) is 7.65. The second-order valence-corrected chi connectivity index (χ2v) is 12.9. The number of fused-ring (bicyclic) bond motifs is 1. The predicted octanol–water partition coefficient (Wildman–Crippen LogP) is 2.51. The van der Waals surface area contributed by atoms with Gasteiger partial charge >= 0.3 is 0 Å². The molecule has 22 heavy (non-hydrogen) atoms. The van der Waals surface area contributed by atoms with Gasteiger partial charge in [0.25, 0.3) is 11.8 Å². The van der Waals surface area contributed by atoms with Crippen molar-refractivity contribution in [3.05, 3.63) is 42.5 Å². The molecular weight excluding hydrogens is 292 g/mol. The van der Waals surface area contributed by atoms with Crippen LogP contribution >= 0.6 is 0 Å². The summed E-state index contributed by atoms with van der Waals surface area (Å²) in [4.78, 5) is 28.3. The van der Waals surface area contributed by atoms with E-state index in [0.29, 0.717) is 12.2 Å². The fourth-order valence-electron chi connectivity index (χ4n) is 3.30. The first-order valence-corrected chi connectivity index (χ1v) is 11.4. The fraction of sp³-hybridized carbons (Fsp3) is 0.412. The highest BCUT2D eigenvalue weighted by Crippen LogP contribution is 2.40. The van der Waals surface area contributed by atoms with E-state index in [1.165, 1.54) is 4.90 Å². The van der Waals surface area contributed by atoms with Crippen molar-refractivity contribution in [2.45, 2.75) is 37.8 Å². The van der Waals surface area contributed by atoms with Gasteiger partial charge in [0.05, 0.1) is 5.69 Å². The number of para-hydroxylation sites is 1. The van der Waals surface area contributed by atoms with Crippen molar-refractivity contribution in [2.75, 3.05) is 11.4 Å². The Morgan fingerprint density at radius 2 is 1.64 bits per heavy atom. The molecule has 2 aliphatic rings. The molecule has 5 heteroatoms. The molecule has 0 aliphatic carbocycles. The third-order valence-electron chi connectivity index (χ3n) is 4.07. The van der Waals surface area contributed by atoms with E-state index in [4.69, 9.17) is 0 Å². The second kappa shape index (κ2) is 5.17. The summed E-state index contributed by atoms with van der Waals surface area (Å²) in [6, 6.07) is 9.65. The molecule has 0 bridgehead atoms. The van der Waals surface area contributed by atoms with Crippen molar-refractivity contribution >= 4 is 25.6 Å². The zero-order valence-electron chi connectivity index (χ0n) is 13.4. The molecule has 0 radical (unpaired) electrons. The van der Waals surface area contributed by atoms with E-state index in [0.717, 1.165) is 11.6 Å². The molecule has 116 valence electrons. The Balaban J connectivity index is 1.66. The van der Waals surface area contributed by atoms with Crippen LogP contribution in [0.3, 0.4) is 0 Å². The molecule has 2 saturated heterocycles. The molecule has 1 aromatic carbocycles. The van der Waals surface area contributed by atoms with E-state index in [2.05, 4.69) is 26.2 Å². The lowest BCUT2D eigenvalue weighted by molar-refractivity contribution is -0.124. The smallest absolute Gasteiger partial charge is 0.253 e. The van der Waals surface area contributed by atoms with Crippen molar-refractivity contribution in [3.63, 3.8) is 0 Å². The number of benzene rings is 1. The van der Waals surface area contributed by atoms with E-state index >= 15 is 0 Å². The molecule has 2 aliphatic heterocycles. The zero-order valence-corrected chi connectivity index (χ0v) is 14.4. The Bertz CT molecular complexity index is 614. The number of carbonyl (C=O) groups excluding carboxylic acids is 2. The van der Waals surface area contributed by atoms with Gasteiger partial charge in [0.2, 0.25) is 0 Å². The normalized spacial score (nSPS) is 27.0. The number of hydrogen-bond acceptors (Lipinski definition) is 3. The third-order valence-corrected chi connectivity index (χ3v) is 5.63. The maximum atomic E-state index is 12.5. The van der Waals surface area contributed by atoms with Crippen LogP contribution in [0.25, 0.3) is 0 Å². The summed E-state index contributed by atoms with van der Waals surface area (Å²) in [5.41, 5.74) is 1.81. The van der Waals surface area contributed by atoms with Crippen LogP contribution in [0.5, 0.6) is 0 Å². The Morgan fingerprint density at radius 3 is 2.14 bits per heavy atom. The van der Waals surface area contributed by atoms with Gasteiger partial charge in [-0.3, -0.25) is 14.5 Å². The number of anilines is 1. The monoisotopic (exact) mass is 314 g/mol. The van der Waals surface area contributed by atoms with E-state index in [9.17, 15) is 9.59 Å². The number of carbonyl (C=O) groups is 2. The van der Waals surface area contributed by atoms with Gasteiger partial charge in [0.15, 0.2) is 0 Å². The molecule has 0 aromatic heterocycles. The maximum Gasteiger partial charge on any atom is 0.253 e. The number of amides is 2. The third kappa shape index (κ3) is 2.66. The largest absolute Gasteiger partial charge is 0.273 e. The van der Waals surface area contributed by atoms with Gasteiger partial charge in [-0.2, -0.15) is 0 Å². The molecule has 0 spiro atoms. The first-order chi connectivity index (χ1) is 10.3. The molecule has 2 atom stereocenters. The van der Waals surface area contributed by atoms with Crippen LogP contribution in [0.15, 0.2) is 42.5 Å². The van der Waals surface area contributed by atoms with Gasteiger partial charge < -0.3 is 0 Å². The Hall–Kier alpha value is -1.72. The van der Waals surface area contributed by atoms with Gasteiger partial charge in [-0.1, -0.05) is 50.0 Å². The number of rotatable bonds is 5. The lowest BCUT2D eigenvalue weighted by Gasteiger charge is -2.21. The molecule has 2 amide bonds. The van der Waals surface area contributed by atoms with E-state index in [-0.39, 0.29) is 23.9 Å². The van der Waals surface area contributed by atoms with Gasteiger partial charge in [-0.15, -0.1) is 0 Å². The van der Waals surface area contributed by atoms with Crippen LogP contribution in [0.2, 0.25) is 25.7 Å². The maximum absolute atomic E-state index is 12.5. The van der Waals surface area contributed by atoms with E-state index in [1.807, 2.05) is 23.1 Å². The highest BCUT2D eigenvalue weighted by Gasteiger charge is 2.66. The average Bonchev–Trinajstić information content (AvgIpc) is 3.03. The Labute approximate surface area is 132 Å². The SMILES string of the molecule is C=C(CN1C2C(=O)N(c3ccccc3)C(=O)C21)C[Si](C)(C)C. The van der Waals surface area contributed by atoms with Gasteiger partial charge in [-0.05, 0) is 18.2 Å². The minimum atomic E-state index is -1.20. The predicted molar refractivity (Wildman–Crippen MR) is 90.5 cm³/mol. The van der Waals surface area contributed by atoms with Gasteiger partial charge in [0, 0.05) is 14.6 Å². The average molecular weight is 314 g/mol. The Morgan fingerprint density at radius 1 is 1.09 bits per heavy atom.